The van der Waals surface area contributed by atoms with E-state index in [9.17, 15) is 0 Å². The summed E-state index contributed by atoms with van der Waals surface area (Å²) >= 11 is 0. The standard InChI is InChI=1S/C12H25NO/c1-11(12-7-8-12)13(2)9-5-3-4-6-10-14/h11-12,14H,3-10H2,1-2H3. The Morgan fingerprint density at radius 2 is 1.86 bits per heavy atom. The van der Waals surface area contributed by atoms with Gasteiger partial charge in [-0.3, -0.25) is 0 Å². The van der Waals surface area contributed by atoms with E-state index in [4.69, 9.17) is 5.11 Å². The van der Waals surface area contributed by atoms with Gasteiger partial charge in [-0.1, -0.05) is 12.8 Å². The SMILES string of the molecule is CC(C1CC1)N(C)CCCCCCO. The quantitative estimate of drug-likeness (QED) is 0.606. The van der Waals surface area contributed by atoms with Gasteiger partial charge in [0, 0.05) is 12.6 Å². The van der Waals surface area contributed by atoms with Gasteiger partial charge in [0.1, 0.15) is 0 Å². The molecule has 0 radical (unpaired) electrons. The molecule has 2 nitrogen and oxygen atoms in total. The largest absolute Gasteiger partial charge is 0.396 e. The summed E-state index contributed by atoms with van der Waals surface area (Å²) in [4.78, 5) is 2.50. The summed E-state index contributed by atoms with van der Waals surface area (Å²) in [6.45, 7) is 3.93. The van der Waals surface area contributed by atoms with Gasteiger partial charge in [-0.05, 0) is 52.1 Å². The van der Waals surface area contributed by atoms with Crippen molar-refractivity contribution in [3.8, 4) is 0 Å². The molecule has 84 valence electrons. The Morgan fingerprint density at radius 3 is 2.43 bits per heavy atom. The lowest BCUT2D eigenvalue weighted by Gasteiger charge is -2.24. The van der Waals surface area contributed by atoms with Gasteiger partial charge in [0.25, 0.3) is 0 Å². The smallest absolute Gasteiger partial charge is 0.0431 e. The van der Waals surface area contributed by atoms with Crippen LogP contribution in [0, 0.1) is 5.92 Å². The first kappa shape index (κ1) is 12.0. The molecule has 0 aromatic carbocycles. The highest BCUT2D eigenvalue weighted by Crippen LogP contribution is 2.34. The van der Waals surface area contributed by atoms with Crippen LogP contribution in [0.3, 0.4) is 0 Å². The number of unbranched alkanes of at least 4 members (excludes halogenated alkanes) is 3. The van der Waals surface area contributed by atoms with Crippen molar-refractivity contribution in [2.45, 2.75) is 51.5 Å². The third-order valence-electron chi connectivity index (χ3n) is 3.42. The first-order chi connectivity index (χ1) is 6.75. The van der Waals surface area contributed by atoms with E-state index < -0.39 is 0 Å². The molecule has 0 bridgehead atoms. The zero-order valence-corrected chi connectivity index (χ0v) is 9.71. The second-order valence-corrected chi connectivity index (χ2v) is 4.70. The van der Waals surface area contributed by atoms with E-state index in [1.807, 2.05) is 0 Å². The normalized spacial score (nSPS) is 18.9. The minimum Gasteiger partial charge on any atom is -0.396 e. The number of hydrogen-bond acceptors (Lipinski definition) is 2. The van der Waals surface area contributed by atoms with Gasteiger partial charge in [0.15, 0.2) is 0 Å². The number of aliphatic hydroxyl groups is 1. The minimum absolute atomic E-state index is 0.355. The Bertz CT molecular complexity index is 145. The lowest BCUT2D eigenvalue weighted by atomic mass is 10.1. The highest BCUT2D eigenvalue weighted by molar-refractivity contribution is 4.83. The molecule has 0 saturated heterocycles. The fourth-order valence-corrected chi connectivity index (χ4v) is 1.97. The van der Waals surface area contributed by atoms with Crippen molar-refractivity contribution < 1.29 is 5.11 Å². The van der Waals surface area contributed by atoms with Crippen LogP contribution in [0.5, 0.6) is 0 Å². The van der Waals surface area contributed by atoms with Crippen LogP contribution in [0.2, 0.25) is 0 Å². The van der Waals surface area contributed by atoms with E-state index in [-0.39, 0.29) is 0 Å². The molecule has 14 heavy (non-hydrogen) atoms. The van der Waals surface area contributed by atoms with Crippen LogP contribution in [0.25, 0.3) is 0 Å². The summed E-state index contributed by atoms with van der Waals surface area (Å²) in [7, 11) is 2.25. The molecular weight excluding hydrogens is 174 g/mol. The molecule has 1 N–H and O–H groups in total. The molecule has 1 aliphatic carbocycles. The molecule has 0 aromatic rings. The first-order valence-corrected chi connectivity index (χ1v) is 6.07. The fraction of sp³-hybridized carbons (Fsp3) is 1.00. The molecule has 0 heterocycles. The zero-order chi connectivity index (χ0) is 10.4. The molecule has 0 aromatic heterocycles. The van der Waals surface area contributed by atoms with Gasteiger partial charge in [-0.25, -0.2) is 0 Å². The zero-order valence-electron chi connectivity index (χ0n) is 9.71. The number of rotatable bonds is 8. The molecule has 1 rings (SSSR count). The van der Waals surface area contributed by atoms with Gasteiger partial charge >= 0.3 is 0 Å². The molecule has 1 fully saturated rings. The maximum Gasteiger partial charge on any atom is 0.0431 e. The van der Waals surface area contributed by atoms with Crippen LogP contribution < -0.4 is 0 Å². The summed E-state index contributed by atoms with van der Waals surface area (Å²) in [5.41, 5.74) is 0. The van der Waals surface area contributed by atoms with Crippen LogP contribution >= 0.6 is 0 Å². The lowest BCUT2D eigenvalue weighted by Crippen LogP contribution is -2.31. The van der Waals surface area contributed by atoms with E-state index in [1.54, 1.807) is 0 Å². The molecule has 1 unspecified atom stereocenters. The third-order valence-corrected chi connectivity index (χ3v) is 3.42. The monoisotopic (exact) mass is 199 g/mol. The van der Waals surface area contributed by atoms with E-state index in [0.29, 0.717) is 6.61 Å². The number of aliphatic hydroxyl groups excluding tert-OH is 1. The molecule has 1 atom stereocenters. The van der Waals surface area contributed by atoms with Crippen molar-refractivity contribution in [3.63, 3.8) is 0 Å². The predicted octanol–water partition coefficient (Wildman–Crippen LogP) is 2.27. The molecule has 1 saturated carbocycles. The van der Waals surface area contributed by atoms with Crippen LogP contribution in [0.15, 0.2) is 0 Å². The Morgan fingerprint density at radius 1 is 1.21 bits per heavy atom. The van der Waals surface area contributed by atoms with Gasteiger partial charge in [0.05, 0.1) is 0 Å². The summed E-state index contributed by atoms with van der Waals surface area (Å²) in [6.07, 6.45) is 7.59. The molecule has 0 aliphatic heterocycles. The third kappa shape index (κ3) is 4.43. The van der Waals surface area contributed by atoms with E-state index >= 15 is 0 Å². The van der Waals surface area contributed by atoms with Gasteiger partial charge in [-0.2, -0.15) is 0 Å². The summed E-state index contributed by atoms with van der Waals surface area (Å²) in [5.74, 6) is 0.984. The van der Waals surface area contributed by atoms with Crippen molar-refractivity contribution in [1.82, 2.24) is 4.90 Å². The van der Waals surface area contributed by atoms with E-state index in [0.717, 1.165) is 18.4 Å². The first-order valence-electron chi connectivity index (χ1n) is 6.07. The Balaban J connectivity index is 1.94. The molecule has 0 spiro atoms. The van der Waals surface area contributed by atoms with Crippen LogP contribution in [-0.2, 0) is 0 Å². The lowest BCUT2D eigenvalue weighted by molar-refractivity contribution is 0.227. The average Bonchev–Trinajstić information content (AvgIpc) is 2.99. The second-order valence-electron chi connectivity index (χ2n) is 4.70. The van der Waals surface area contributed by atoms with Crippen molar-refractivity contribution in [2.75, 3.05) is 20.2 Å². The number of hydrogen-bond donors (Lipinski definition) is 1. The van der Waals surface area contributed by atoms with Gasteiger partial charge in [0.2, 0.25) is 0 Å². The highest BCUT2D eigenvalue weighted by atomic mass is 16.2. The maximum absolute atomic E-state index is 8.63. The maximum atomic E-state index is 8.63. The van der Waals surface area contributed by atoms with Crippen molar-refractivity contribution in [1.29, 1.82) is 0 Å². The average molecular weight is 199 g/mol. The van der Waals surface area contributed by atoms with Crippen molar-refractivity contribution >= 4 is 0 Å². The van der Waals surface area contributed by atoms with Crippen LogP contribution in [0.4, 0.5) is 0 Å². The fourth-order valence-electron chi connectivity index (χ4n) is 1.97. The van der Waals surface area contributed by atoms with Gasteiger partial charge in [-0.15, -0.1) is 0 Å². The van der Waals surface area contributed by atoms with Gasteiger partial charge < -0.3 is 10.0 Å². The Kier molecular flexibility index (Phi) is 5.49. The predicted molar refractivity (Wildman–Crippen MR) is 60.4 cm³/mol. The van der Waals surface area contributed by atoms with Crippen molar-refractivity contribution in [2.24, 2.45) is 5.92 Å². The number of nitrogens with zero attached hydrogens (tertiary/aromatic N) is 1. The second kappa shape index (κ2) is 6.41. The summed E-state index contributed by atoms with van der Waals surface area (Å²) in [6, 6.07) is 0.785. The Hall–Kier alpha value is -0.0800. The molecular formula is C12H25NO. The highest BCUT2D eigenvalue weighted by Gasteiger charge is 2.29. The topological polar surface area (TPSA) is 23.5 Å². The summed E-state index contributed by atoms with van der Waals surface area (Å²) < 4.78 is 0. The van der Waals surface area contributed by atoms with Crippen LogP contribution in [-0.4, -0.2) is 36.2 Å². The van der Waals surface area contributed by atoms with E-state index in [1.165, 1.54) is 38.6 Å². The Labute approximate surface area is 88.3 Å². The minimum atomic E-state index is 0.355. The van der Waals surface area contributed by atoms with E-state index in [2.05, 4.69) is 18.9 Å². The molecule has 1 aliphatic rings. The van der Waals surface area contributed by atoms with Crippen LogP contribution in [0.1, 0.15) is 45.4 Å². The molecule has 2 heteroatoms. The molecule has 0 amide bonds. The van der Waals surface area contributed by atoms with Crippen molar-refractivity contribution in [3.05, 3.63) is 0 Å². The summed E-state index contributed by atoms with van der Waals surface area (Å²) in [5, 5.41) is 8.63.